The van der Waals surface area contributed by atoms with Crippen molar-refractivity contribution in [3.63, 3.8) is 0 Å². The number of hydrogen-bond acceptors (Lipinski definition) is 4. The summed E-state index contributed by atoms with van der Waals surface area (Å²) in [6, 6.07) is 7.01. The molecule has 2 N–H and O–H groups in total. The molecule has 2 aromatic rings. The van der Waals surface area contributed by atoms with E-state index in [1.807, 2.05) is 13.0 Å². The summed E-state index contributed by atoms with van der Waals surface area (Å²) in [5, 5.41) is 3.99. The summed E-state index contributed by atoms with van der Waals surface area (Å²) in [6.45, 7) is 5.96. The summed E-state index contributed by atoms with van der Waals surface area (Å²) >= 11 is 4.03. The summed E-state index contributed by atoms with van der Waals surface area (Å²) in [4.78, 5) is 11.5. The number of hydrogen-bond donors (Lipinski definition) is 2. The van der Waals surface area contributed by atoms with Gasteiger partial charge in [0.1, 0.15) is 6.61 Å². The lowest BCUT2D eigenvalue weighted by Crippen LogP contribution is -2.16. The lowest BCUT2D eigenvalue weighted by atomic mass is 9.97. The zero-order valence-corrected chi connectivity index (χ0v) is 11.9. The third kappa shape index (κ3) is 3.03. The molecule has 0 aliphatic heterocycles. The Morgan fingerprint density at radius 1 is 1.45 bits per heavy atom. The van der Waals surface area contributed by atoms with E-state index in [1.54, 1.807) is 24.4 Å². The molecule has 20 heavy (non-hydrogen) atoms. The molecule has 1 aromatic heterocycles. The van der Waals surface area contributed by atoms with Gasteiger partial charge < -0.3 is 10.5 Å². The van der Waals surface area contributed by atoms with Crippen LogP contribution in [0, 0.1) is 0 Å². The van der Waals surface area contributed by atoms with Crippen LogP contribution in [0.5, 0.6) is 5.88 Å². The van der Waals surface area contributed by atoms with Crippen molar-refractivity contribution in [1.29, 1.82) is 0 Å². The van der Waals surface area contributed by atoms with Gasteiger partial charge in [0, 0.05) is 23.4 Å². The van der Waals surface area contributed by atoms with E-state index in [0.717, 1.165) is 11.1 Å². The highest BCUT2D eigenvalue weighted by Gasteiger charge is 2.14. The third-order valence-corrected chi connectivity index (χ3v) is 3.04. The number of carbonyl (C=O) groups is 1. The van der Waals surface area contributed by atoms with Crippen LogP contribution in [-0.4, -0.2) is 15.1 Å². The molecule has 1 heterocycles. The molecule has 104 valence electrons. The predicted molar refractivity (Wildman–Crippen MR) is 80.6 cm³/mol. The van der Waals surface area contributed by atoms with E-state index in [1.165, 1.54) is 4.09 Å². The molecule has 0 saturated carbocycles. The highest BCUT2D eigenvalue weighted by Crippen LogP contribution is 2.23. The molecule has 5 nitrogen and oxygen atoms in total. The van der Waals surface area contributed by atoms with Crippen LogP contribution in [0.4, 0.5) is 0 Å². The number of ether oxygens (including phenoxy) is 1. The molecule has 1 amide bonds. The number of allylic oxidation sites excluding steroid dienone is 1. The minimum Gasteiger partial charge on any atom is -0.472 e. The lowest BCUT2D eigenvalue weighted by Gasteiger charge is -2.13. The Hall–Kier alpha value is -2.21. The van der Waals surface area contributed by atoms with Crippen molar-refractivity contribution in [2.24, 2.45) is 5.73 Å². The van der Waals surface area contributed by atoms with Crippen molar-refractivity contribution in [1.82, 2.24) is 9.19 Å². The van der Waals surface area contributed by atoms with Gasteiger partial charge in [-0.15, -0.1) is 5.10 Å². The van der Waals surface area contributed by atoms with Crippen LogP contribution in [0.2, 0.25) is 0 Å². The monoisotopic (exact) mass is 289 g/mol. The van der Waals surface area contributed by atoms with E-state index < -0.39 is 5.91 Å². The van der Waals surface area contributed by atoms with Crippen LogP contribution >= 0.6 is 12.8 Å². The highest BCUT2D eigenvalue weighted by atomic mass is 32.1. The second-order valence-electron chi connectivity index (χ2n) is 4.34. The molecule has 0 aliphatic carbocycles. The molecule has 0 saturated heterocycles. The van der Waals surface area contributed by atoms with Crippen LogP contribution in [0.3, 0.4) is 0 Å². The van der Waals surface area contributed by atoms with Crippen molar-refractivity contribution >= 4 is 24.3 Å². The Morgan fingerprint density at radius 2 is 2.15 bits per heavy atom. The third-order valence-electron chi connectivity index (χ3n) is 2.82. The highest BCUT2D eigenvalue weighted by molar-refractivity contribution is 7.78. The van der Waals surface area contributed by atoms with Gasteiger partial charge in [-0.25, -0.2) is 4.09 Å². The summed E-state index contributed by atoms with van der Waals surface area (Å²) in [7, 11) is 0. The maximum Gasteiger partial charge on any atom is 0.249 e. The van der Waals surface area contributed by atoms with Crippen molar-refractivity contribution in [2.75, 3.05) is 0 Å². The zero-order chi connectivity index (χ0) is 14.7. The molecule has 0 bridgehead atoms. The number of nitrogens with zero attached hydrogens (tertiary/aromatic N) is 2. The average molecular weight is 289 g/mol. The van der Waals surface area contributed by atoms with E-state index in [0.29, 0.717) is 17.0 Å². The quantitative estimate of drug-likeness (QED) is 0.830. The van der Waals surface area contributed by atoms with Gasteiger partial charge in [0.05, 0.1) is 0 Å². The summed E-state index contributed by atoms with van der Waals surface area (Å²) < 4.78 is 6.91. The van der Waals surface area contributed by atoms with Gasteiger partial charge in [-0.2, -0.15) is 0 Å². The zero-order valence-electron chi connectivity index (χ0n) is 11.0. The van der Waals surface area contributed by atoms with Gasteiger partial charge in [-0.05, 0) is 31.4 Å². The van der Waals surface area contributed by atoms with Crippen molar-refractivity contribution in [3.8, 4) is 5.88 Å². The fraction of sp³-hybridized carbons (Fsp3) is 0.143. The fourth-order valence-corrected chi connectivity index (χ4v) is 2.05. The van der Waals surface area contributed by atoms with E-state index in [2.05, 4.69) is 24.5 Å². The van der Waals surface area contributed by atoms with Crippen molar-refractivity contribution in [3.05, 3.63) is 53.7 Å². The molecule has 0 unspecified atom stereocenters. The first kappa shape index (κ1) is 14.2. The number of thiol groups is 1. The first-order valence-electron chi connectivity index (χ1n) is 5.94. The van der Waals surface area contributed by atoms with Crippen LogP contribution in [0.25, 0.3) is 5.57 Å². The molecule has 6 heteroatoms. The lowest BCUT2D eigenvalue weighted by molar-refractivity contribution is 0.0997. The van der Waals surface area contributed by atoms with Crippen molar-refractivity contribution in [2.45, 2.75) is 13.5 Å². The minimum atomic E-state index is -0.494. The fourth-order valence-electron chi connectivity index (χ4n) is 1.89. The van der Waals surface area contributed by atoms with Gasteiger partial charge in [-0.3, -0.25) is 4.79 Å². The molecule has 0 aliphatic rings. The number of aromatic nitrogens is 2. The number of nitrogens with two attached hydrogens (primary N) is 1. The van der Waals surface area contributed by atoms with E-state index in [-0.39, 0.29) is 6.61 Å². The summed E-state index contributed by atoms with van der Waals surface area (Å²) in [5.74, 6) is -0.0710. The Labute approximate surface area is 122 Å². The molecule has 0 fully saturated rings. The Morgan fingerprint density at radius 3 is 2.70 bits per heavy atom. The van der Waals surface area contributed by atoms with Crippen LogP contribution < -0.4 is 10.5 Å². The normalized spacial score (nSPS) is 10.3. The van der Waals surface area contributed by atoms with E-state index >= 15 is 0 Å². The summed E-state index contributed by atoms with van der Waals surface area (Å²) in [5.41, 5.74) is 8.23. The average Bonchev–Trinajstić information content (AvgIpc) is 2.81. The van der Waals surface area contributed by atoms with Gasteiger partial charge in [0.15, 0.2) is 0 Å². The maximum absolute atomic E-state index is 11.5. The number of primary amides is 1. The molecule has 0 radical (unpaired) electrons. The molecule has 0 spiro atoms. The standard InChI is InChI=1S/C14H15N3O2S/c1-9(2)10-4-3-5-11(14(15)18)12(10)8-19-13-6-7-17(20)16-13/h3-7,20H,1,8H2,2H3,(H2,15,18). The second kappa shape index (κ2) is 5.83. The Balaban J connectivity index is 2.32. The van der Waals surface area contributed by atoms with Gasteiger partial charge in [0.2, 0.25) is 11.8 Å². The Bertz CT molecular complexity index is 632. The van der Waals surface area contributed by atoms with E-state index in [9.17, 15) is 4.79 Å². The smallest absolute Gasteiger partial charge is 0.249 e. The van der Waals surface area contributed by atoms with Crippen molar-refractivity contribution < 1.29 is 9.53 Å². The first-order chi connectivity index (χ1) is 9.49. The molecule has 2 rings (SSSR count). The van der Waals surface area contributed by atoms with Gasteiger partial charge in [-0.1, -0.05) is 24.3 Å². The molecular weight excluding hydrogens is 274 g/mol. The first-order valence-corrected chi connectivity index (χ1v) is 6.34. The minimum absolute atomic E-state index is 0.187. The van der Waals surface area contributed by atoms with Crippen LogP contribution in [0.15, 0.2) is 37.0 Å². The van der Waals surface area contributed by atoms with Gasteiger partial charge >= 0.3 is 0 Å². The van der Waals surface area contributed by atoms with E-state index in [4.69, 9.17) is 10.5 Å². The number of benzene rings is 1. The second-order valence-corrected chi connectivity index (χ2v) is 4.75. The molecular formula is C14H15N3O2S. The Kier molecular flexibility index (Phi) is 4.14. The number of amides is 1. The molecule has 1 aromatic carbocycles. The van der Waals surface area contributed by atoms with Crippen LogP contribution in [-0.2, 0) is 6.61 Å². The number of rotatable bonds is 5. The SMILES string of the molecule is C=C(C)c1cccc(C(N)=O)c1COc1ccn(S)n1. The number of carbonyl (C=O) groups excluding carboxylic acids is 1. The van der Waals surface area contributed by atoms with Gasteiger partial charge in [0.25, 0.3) is 0 Å². The molecule has 0 atom stereocenters. The maximum atomic E-state index is 11.5. The predicted octanol–water partition coefficient (Wildman–Crippen LogP) is 2.29. The van der Waals surface area contributed by atoms with Crippen LogP contribution in [0.1, 0.15) is 28.4 Å². The summed E-state index contributed by atoms with van der Waals surface area (Å²) in [6.07, 6.45) is 1.65. The largest absolute Gasteiger partial charge is 0.472 e. The topological polar surface area (TPSA) is 70.1 Å².